The molecule has 0 saturated carbocycles. The monoisotopic (exact) mass is 222 g/mol. The Morgan fingerprint density at radius 3 is 2.00 bits per heavy atom. The molecule has 0 saturated heterocycles. The van der Waals surface area contributed by atoms with Crippen molar-refractivity contribution in [2.45, 2.75) is 38.3 Å². The molecule has 0 aliphatic rings. The van der Waals surface area contributed by atoms with E-state index >= 15 is 0 Å². The third-order valence-electron chi connectivity index (χ3n) is 2.37. The first-order chi connectivity index (χ1) is 6.24. The second-order valence-electron chi connectivity index (χ2n) is 3.25. The molecule has 0 radical (unpaired) electrons. The van der Waals surface area contributed by atoms with Gasteiger partial charge in [-0.25, -0.2) is 0 Å². The molecule has 0 aromatic heterocycles. The predicted octanol–water partition coefficient (Wildman–Crippen LogP) is 2.84. The maximum absolute atomic E-state index is 5.57. The lowest BCUT2D eigenvalue weighted by Gasteiger charge is -2.27. The first kappa shape index (κ1) is 13.5. The minimum Gasteiger partial charge on any atom is -0.398 e. The molecule has 0 amide bonds. The van der Waals surface area contributed by atoms with Crippen molar-refractivity contribution < 1.29 is 8.85 Å². The fourth-order valence-corrected chi connectivity index (χ4v) is 4.71. The molecule has 0 atom stereocenters. The number of hydrogen-bond acceptors (Lipinski definition) is 3. The zero-order chi connectivity index (χ0) is 10.2. The van der Waals surface area contributed by atoms with Crippen molar-refractivity contribution in [1.82, 2.24) is 0 Å². The van der Waals surface area contributed by atoms with Crippen molar-refractivity contribution in [3.05, 3.63) is 0 Å². The van der Waals surface area contributed by atoms with Gasteiger partial charge in [-0.05, 0) is 24.3 Å². The summed E-state index contributed by atoms with van der Waals surface area (Å²) in [5, 5.41) is 0. The Bertz CT molecular complexity index is 108. The first-order valence-corrected chi connectivity index (χ1v) is 7.82. The van der Waals surface area contributed by atoms with E-state index in [9.17, 15) is 0 Å². The van der Waals surface area contributed by atoms with Crippen LogP contribution in [0.5, 0.6) is 0 Å². The Kier molecular flexibility index (Phi) is 8.14. The smallest absolute Gasteiger partial charge is 0.337 e. The average molecular weight is 222 g/mol. The maximum atomic E-state index is 5.57. The van der Waals surface area contributed by atoms with E-state index < -0.39 is 8.56 Å². The number of hydrogen-bond donors (Lipinski definition) is 1. The van der Waals surface area contributed by atoms with Crippen molar-refractivity contribution in [2.24, 2.45) is 0 Å². The molecular weight excluding hydrogens is 200 g/mol. The largest absolute Gasteiger partial charge is 0.398 e. The molecule has 0 N–H and O–H groups in total. The summed E-state index contributed by atoms with van der Waals surface area (Å²) in [6.45, 7) is 2.20. The molecule has 0 aromatic rings. The Balaban J connectivity index is 3.97. The van der Waals surface area contributed by atoms with Crippen LogP contribution in [0.25, 0.3) is 0 Å². The minimum absolute atomic E-state index is 0.924. The van der Waals surface area contributed by atoms with Crippen LogP contribution in [0.2, 0.25) is 12.1 Å². The Morgan fingerprint density at radius 2 is 1.62 bits per heavy atom. The molecule has 0 aliphatic carbocycles. The maximum Gasteiger partial charge on any atom is 0.337 e. The van der Waals surface area contributed by atoms with Gasteiger partial charge in [0.15, 0.2) is 0 Å². The van der Waals surface area contributed by atoms with Crippen LogP contribution in [-0.4, -0.2) is 28.5 Å². The summed E-state index contributed by atoms with van der Waals surface area (Å²) in [5.74, 6) is 0.924. The SMILES string of the molecule is CCCC[Si](CCCS)(OC)OC. The lowest BCUT2D eigenvalue weighted by atomic mass is 10.4. The first-order valence-electron chi connectivity index (χ1n) is 4.96. The summed E-state index contributed by atoms with van der Waals surface area (Å²) in [6, 6.07) is 2.19. The molecule has 4 heteroatoms. The van der Waals surface area contributed by atoms with E-state index in [2.05, 4.69) is 19.6 Å². The van der Waals surface area contributed by atoms with Crippen LogP contribution >= 0.6 is 12.6 Å². The van der Waals surface area contributed by atoms with Crippen molar-refractivity contribution in [3.8, 4) is 0 Å². The highest BCUT2D eigenvalue weighted by Gasteiger charge is 2.33. The van der Waals surface area contributed by atoms with Gasteiger partial charge in [0.05, 0.1) is 0 Å². The molecule has 13 heavy (non-hydrogen) atoms. The van der Waals surface area contributed by atoms with E-state index in [0.717, 1.165) is 24.3 Å². The summed E-state index contributed by atoms with van der Waals surface area (Å²) in [7, 11) is 1.73. The molecule has 80 valence electrons. The van der Waals surface area contributed by atoms with Crippen LogP contribution in [-0.2, 0) is 8.85 Å². The van der Waals surface area contributed by atoms with Crippen LogP contribution in [0, 0.1) is 0 Å². The van der Waals surface area contributed by atoms with Gasteiger partial charge in [0, 0.05) is 14.2 Å². The van der Waals surface area contributed by atoms with Gasteiger partial charge in [0.1, 0.15) is 0 Å². The Morgan fingerprint density at radius 1 is 1.08 bits per heavy atom. The van der Waals surface area contributed by atoms with E-state index in [1.807, 2.05) is 0 Å². The molecule has 0 unspecified atom stereocenters. The standard InChI is InChI=1S/C9H22O2SSi/c1-4-5-8-13(10-2,11-3)9-6-7-12/h12H,4-9H2,1-3H3. The normalized spacial score (nSPS) is 12.0. The summed E-state index contributed by atoms with van der Waals surface area (Å²) in [6.07, 6.45) is 3.52. The summed E-state index contributed by atoms with van der Waals surface area (Å²) in [4.78, 5) is 0. The van der Waals surface area contributed by atoms with E-state index in [0.29, 0.717) is 0 Å². The minimum atomic E-state index is -1.83. The zero-order valence-corrected chi connectivity index (χ0v) is 10.9. The van der Waals surface area contributed by atoms with Crippen molar-refractivity contribution in [1.29, 1.82) is 0 Å². The van der Waals surface area contributed by atoms with Gasteiger partial charge < -0.3 is 8.85 Å². The van der Waals surface area contributed by atoms with Crippen LogP contribution in [0.3, 0.4) is 0 Å². The van der Waals surface area contributed by atoms with Gasteiger partial charge in [0.2, 0.25) is 0 Å². The fraction of sp³-hybridized carbons (Fsp3) is 1.00. The quantitative estimate of drug-likeness (QED) is 0.503. The van der Waals surface area contributed by atoms with E-state index in [4.69, 9.17) is 8.85 Å². The lowest BCUT2D eigenvalue weighted by molar-refractivity contribution is 0.240. The zero-order valence-electron chi connectivity index (χ0n) is 9.01. The van der Waals surface area contributed by atoms with Gasteiger partial charge >= 0.3 is 8.56 Å². The molecule has 0 aromatic carbocycles. The van der Waals surface area contributed by atoms with Gasteiger partial charge in [-0.2, -0.15) is 12.6 Å². The van der Waals surface area contributed by atoms with E-state index in [1.54, 1.807) is 14.2 Å². The number of rotatable bonds is 8. The van der Waals surface area contributed by atoms with Crippen molar-refractivity contribution in [2.75, 3.05) is 20.0 Å². The van der Waals surface area contributed by atoms with Gasteiger partial charge in [-0.15, -0.1) is 0 Å². The third kappa shape index (κ3) is 5.05. The van der Waals surface area contributed by atoms with Crippen molar-refractivity contribution in [3.63, 3.8) is 0 Å². The molecule has 2 nitrogen and oxygen atoms in total. The summed E-state index contributed by atoms with van der Waals surface area (Å²) in [5.41, 5.74) is 0. The topological polar surface area (TPSA) is 18.5 Å². The second kappa shape index (κ2) is 7.85. The van der Waals surface area contributed by atoms with Gasteiger partial charge in [-0.1, -0.05) is 19.8 Å². The van der Waals surface area contributed by atoms with Crippen LogP contribution in [0.4, 0.5) is 0 Å². The van der Waals surface area contributed by atoms with Crippen LogP contribution in [0.15, 0.2) is 0 Å². The van der Waals surface area contributed by atoms with Crippen molar-refractivity contribution >= 4 is 21.2 Å². The highest BCUT2D eigenvalue weighted by molar-refractivity contribution is 7.80. The predicted molar refractivity (Wildman–Crippen MR) is 62.8 cm³/mol. The molecular formula is C9H22O2SSi. The molecule has 0 aliphatic heterocycles. The highest BCUT2D eigenvalue weighted by Crippen LogP contribution is 2.22. The average Bonchev–Trinajstić information content (AvgIpc) is 2.20. The Labute approximate surface area is 88.7 Å². The van der Waals surface area contributed by atoms with Crippen LogP contribution < -0.4 is 0 Å². The summed E-state index contributed by atoms with van der Waals surface area (Å²) >= 11 is 4.21. The highest BCUT2D eigenvalue weighted by atomic mass is 32.1. The van der Waals surface area contributed by atoms with Gasteiger partial charge in [-0.3, -0.25) is 0 Å². The molecule has 0 spiro atoms. The van der Waals surface area contributed by atoms with E-state index in [1.165, 1.54) is 12.8 Å². The molecule has 0 fully saturated rings. The lowest BCUT2D eigenvalue weighted by Crippen LogP contribution is -2.39. The van der Waals surface area contributed by atoms with Crippen LogP contribution in [0.1, 0.15) is 26.2 Å². The Hall–Kier alpha value is 0.487. The molecule has 0 rings (SSSR count). The molecule has 0 bridgehead atoms. The molecule has 0 heterocycles. The number of thiol groups is 1. The second-order valence-corrected chi connectivity index (χ2v) is 7.33. The number of unbranched alkanes of at least 4 members (excludes halogenated alkanes) is 1. The third-order valence-corrected chi connectivity index (χ3v) is 6.41. The summed E-state index contributed by atoms with van der Waals surface area (Å²) < 4.78 is 11.1. The fourth-order valence-electron chi connectivity index (χ4n) is 1.41. The van der Waals surface area contributed by atoms with E-state index in [-0.39, 0.29) is 0 Å². The van der Waals surface area contributed by atoms with Gasteiger partial charge in [0.25, 0.3) is 0 Å².